The van der Waals surface area contributed by atoms with Gasteiger partial charge in [-0.05, 0) is 50.8 Å². The average molecular weight is 324 g/mol. The first-order chi connectivity index (χ1) is 11.5. The first kappa shape index (κ1) is 16.4. The fraction of sp³-hybridized carbons (Fsp3) is 0.421. The molecule has 0 aliphatic heterocycles. The Balaban J connectivity index is 1.82. The molecule has 5 heteroatoms. The van der Waals surface area contributed by atoms with Crippen molar-refractivity contribution in [2.75, 3.05) is 5.32 Å². The summed E-state index contributed by atoms with van der Waals surface area (Å²) in [4.78, 5) is 21.3. The van der Waals surface area contributed by atoms with Gasteiger partial charge in [-0.2, -0.15) is 0 Å². The van der Waals surface area contributed by atoms with Crippen LogP contribution in [0.15, 0.2) is 24.3 Å². The third-order valence-electron chi connectivity index (χ3n) is 4.50. The van der Waals surface area contributed by atoms with Crippen LogP contribution in [0.25, 0.3) is 0 Å². The number of carbonyl (C=O) groups excluding carboxylic acids is 1. The minimum absolute atomic E-state index is 0.114. The van der Waals surface area contributed by atoms with Crippen LogP contribution in [0, 0.1) is 20.8 Å². The van der Waals surface area contributed by atoms with E-state index < -0.39 is 0 Å². The maximum atomic E-state index is 12.5. The minimum atomic E-state index is -0.114. The Morgan fingerprint density at radius 1 is 1.08 bits per heavy atom. The second-order valence-corrected chi connectivity index (χ2v) is 6.56. The maximum absolute atomic E-state index is 12.5. The zero-order valence-corrected chi connectivity index (χ0v) is 14.5. The summed E-state index contributed by atoms with van der Waals surface area (Å²) in [5.41, 5.74) is 4.43. The Morgan fingerprint density at radius 3 is 2.42 bits per heavy atom. The highest BCUT2D eigenvalue weighted by Crippen LogP contribution is 2.23. The largest absolute Gasteiger partial charge is 0.348 e. The predicted molar refractivity (Wildman–Crippen MR) is 95.7 cm³/mol. The van der Waals surface area contributed by atoms with Gasteiger partial charge in [0, 0.05) is 17.4 Å². The van der Waals surface area contributed by atoms with Gasteiger partial charge >= 0.3 is 0 Å². The number of para-hydroxylation sites is 1. The Hall–Kier alpha value is -2.43. The summed E-state index contributed by atoms with van der Waals surface area (Å²) in [5, 5.41) is 6.35. The molecular weight excluding hydrogens is 300 g/mol. The number of benzene rings is 1. The van der Waals surface area contributed by atoms with Gasteiger partial charge in [-0.15, -0.1) is 0 Å². The van der Waals surface area contributed by atoms with Gasteiger partial charge in [0.1, 0.15) is 5.69 Å². The summed E-state index contributed by atoms with van der Waals surface area (Å²) in [5.74, 6) is 0.348. The van der Waals surface area contributed by atoms with E-state index in [2.05, 4.69) is 20.6 Å². The molecule has 1 aromatic carbocycles. The van der Waals surface area contributed by atoms with E-state index in [1.807, 2.05) is 39.0 Å². The van der Waals surface area contributed by atoms with Crippen LogP contribution in [0.2, 0.25) is 0 Å². The zero-order chi connectivity index (χ0) is 17.1. The van der Waals surface area contributed by atoms with E-state index in [-0.39, 0.29) is 11.9 Å². The summed E-state index contributed by atoms with van der Waals surface area (Å²) < 4.78 is 0. The molecule has 1 saturated carbocycles. The molecule has 0 spiro atoms. The van der Waals surface area contributed by atoms with Crippen molar-refractivity contribution in [1.82, 2.24) is 15.3 Å². The summed E-state index contributed by atoms with van der Waals surface area (Å²) >= 11 is 0. The number of nitrogens with zero attached hydrogens (tertiary/aromatic N) is 2. The lowest BCUT2D eigenvalue weighted by atomic mass is 10.1. The lowest BCUT2D eigenvalue weighted by molar-refractivity contribution is 0.0932. The van der Waals surface area contributed by atoms with Crippen LogP contribution in [0.5, 0.6) is 0 Å². The summed E-state index contributed by atoms with van der Waals surface area (Å²) in [7, 11) is 0. The quantitative estimate of drug-likeness (QED) is 0.897. The Bertz CT molecular complexity index is 731. The normalized spacial score (nSPS) is 14.6. The molecule has 24 heavy (non-hydrogen) atoms. The molecule has 1 aliphatic rings. The van der Waals surface area contributed by atoms with Gasteiger partial charge in [0.05, 0.1) is 0 Å². The van der Waals surface area contributed by atoms with Crippen LogP contribution in [0.4, 0.5) is 11.6 Å². The number of carbonyl (C=O) groups is 1. The third kappa shape index (κ3) is 3.72. The number of hydrogen-bond donors (Lipinski definition) is 2. The van der Waals surface area contributed by atoms with Crippen LogP contribution in [-0.4, -0.2) is 21.9 Å². The van der Waals surface area contributed by atoms with Gasteiger partial charge in [0.25, 0.3) is 5.91 Å². The molecule has 0 radical (unpaired) electrons. The van der Waals surface area contributed by atoms with Crippen molar-refractivity contribution >= 4 is 17.5 Å². The van der Waals surface area contributed by atoms with Gasteiger partial charge in [0.2, 0.25) is 5.95 Å². The van der Waals surface area contributed by atoms with Crippen molar-refractivity contribution in [2.24, 2.45) is 0 Å². The van der Waals surface area contributed by atoms with E-state index in [9.17, 15) is 4.79 Å². The van der Waals surface area contributed by atoms with Crippen molar-refractivity contribution in [3.05, 3.63) is 46.8 Å². The lowest BCUT2D eigenvalue weighted by Crippen LogP contribution is -2.33. The van der Waals surface area contributed by atoms with Crippen LogP contribution in [-0.2, 0) is 0 Å². The van der Waals surface area contributed by atoms with Crippen LogP contribution < -0.4 is 10.6 Å². The minimum Gasteiger partial charge on any atom is -0.348 e. The molecule has 5 nitrogen and oxygen atoms in total. The summed E-state index contributed by atoms with van der Waals surface area (Å²) in [6.07, 6.45) is 4.49. The predicted octanol–water partition coefficient (Wildman–Crippen LogP) is 3.82. The summed E-state index contributed by atoms with van der Waals surface area (Å²) in [6, 6.07) is 8.12. The first-order valence-electron chi connectivity index (χ1n) is 8.53. The second-order valence-electron chi connectivity index (χ2n) is 6.56. The lowest BCUT2D eigenvalue weighted by Gasteiger charge is -2.14. The number of anilines is 2. The number of rotatable bonds is 4. The monoisotopic (exact) mass is 324 g/mol. The zero-order valence-electron chi connectivity index (χ0n) is 14.5. The van der Waals surface area contributed by atoms with E-state index in [1.165, 1.54) is 12.8 Å². The smallest absolute Gasteiger partial charge is 0.270 e. The van der Waals surface area contributed by atoms with E-state index in [4.69, 9.17) is 0 Å². The molecular formula is C19H24N4O. The van der Waals surface area contributed by atoms with Crippen molar-refractivity contribution in [2.45, 2.75) is 52.5 Å². The van der Waals surface area contributed by atoms with Crippen molar-refractivity contribution in [1.29, 1.82) is 0 Å². The molecule has 1 heterocycles. The molecule has 0 unspecified atom stereocenters. The molecule has 1 aromatic heterocycles. The fourth-order valence-electron chi connectivity index (χ4n) is 3.19. The molecule has 3 rings (SSSR count). The highest BCUT2D eigenvalue weighted by Gasteiger charge is 2.19. The molecule has 2 aromatic rings. The molecule has 126 valence electrons. The van der Waals surface area contributed by atoms with E-state index >= 15 is 0 Å². The molecule has 0 bridgehead atoms. The maximum Gasteiger partial charge on any atom is 0.270 e. The van der Waals surface area contributed by atoms with Crippen LogP contribution in [0.3, 0.4) is 0 Å². The van der Waals surface area contributed by atoms with Gasteiger partial charge in [-0.3, -0.25) is 4.79 Å². The highest BCUT2D eigenvalue weighted by atomic mass is 16.1. The molecule has 1 aliphatic carbocycles. The molecule has 1 fully saturated rings. The Labute approximate surface area is 142 Å². The Morgan fingerprint density at radius 2 is 1.75 bits per heavy atom. The van der Waals surface area contributed by atoms with E-state index in [0.29, 0.717) is 11.6 Å². The fourth-order valence-corrected chi connectivity index (χ4v) is 3.19. The van der Waals surface area contributed by atoms with Gasteiger partial charge < -0.3 is 10.6 Å². The van der Waals surface area contributed by atoms with Gasteiger partial charge in [-0.1, -0.05) is 31.0 Å². The topological polar surface area (TPSA) is 66.9 Å². The van der Waals surface area contributed by atoms with Crippen molar-refractivity contribution in [3.63, 3.8) is 0 Å². The number of aromatic nitrogens is 2. The standard InChI is InChI=1S/C19H24N4O/c1-12-7-6-8-13(2)17(12)23-19-20-14(3)11-16(22-19)18(24)21-15-9-4-5-10-15/h6-8,11,15H,4-5,9-10H2,1-3H3,(H,21,24)(H,20,22,23). The number of aryl methyl sites for hydroxylation is 3. The van der Waals surface area contributed by atoms with Gasteiger partial charge in [-0.25, -0.2) is 9.97 Å². The van der Waals surface area contributed by atoms with Crippen LogP contribution >= 0.6 is 0 Å². The molecule has 1 amide bonds. The number of hydrogen-bond acceptors (Lipinski definition) is 4. The van der Waals surface area contributed by atoms with Crippen LogP contribution in [0.1, 0.15) is 53.0 Å². The SMILES string of the molecule is Cc1cc(C(=O)NC2CCCC2)nc(Nc2c(C)cccc2C)n1. The molecule has 0 saturated heterocycles. The van der Waals surface area contributed by atoms with Gasteiger partial charge in [0.15, 0.2) is 0 Å². The van der Waals surface area contributed by atoms with E-state index in [1.54, 1.807) is 6.07 Å². The summed E-state index contributed by atoms with van der Waals surface area (Å²) in [6.45, 7) is 5.96. The second kappa shape index (κ2) is 6.99. The van der Waals surface area contributed by atoms with Crippen molar-refractivity contribution in [3.8, 4) is 0 Å². The number of amides is 1. The van der Waals surface area contributed by atoms with E-state index in [0.717, 1.165) is 35.3 Å². The third-order valence-corrected chi connectivity index (χ3v) is 4.50. The first-order valence-corrected chi connectivity index (χ1v) is 8.53. The molecule has 0 atom stereocenters. The van der Waals surface area contributed by atoms with Crippen molar-refractivity contribution < 1.29 is 4.79 Å². The highest BCUT2D eigenvalue weighted by molar-refractivity contribution is 5.93. The number of nitrogens with one attached hydrogen (secondary N) is 2. The Kier molecular flexibility index (Phi) is 4.79. The molecule has 2 N–H and O–H groups in total. The average Bonchev–Trinajstić information content (AvgIpc) is 3.03.